The van der Waals surface area contributed by atoms with Crippen molar-refractivity contribution in [1.29, 1.82) is 0 Å². The van der Waals surface area contributed by atoms with Crippen molar-refractivity contribution in [3.63, 3.8) is 0 Å². The minimum Gasteiger partial charge on any atom is -0.348 e. The van der Waals surface area contributed by atoms with Crippen LogP contribution >= 0.6 is 15.9 Å². The highest BCUT2D eigenvalue weighted by Crippen LogP contribution is 2.21. The van der Waals surface area contributed by atoms with Gasteiger partial charge in [0.1, 0.15) is 11.4 Å². The van der Waals surface area contributed by atoms with Crippen molar-refractivity contribution in [1.82, 2.24) is 19.9 Å². The van der Waals surface area contributed by atoms with Crippen LogP contribution < -0.4 is 5.32 Å². The molecule has 2 aromatic carbocycles. The smallest absolute Gasteiger partial charge is 0.257 e. The second-order valence-electron chi connectivity index (χ2n) is 5.91. The number of carbonyl (C=O) groups excluding carboxylic acids is 1. The summed E-state index contributed by atoms with van der Waals surface area (Å²) in [5, 5.41) is 7.04. The van der Waals surface area contributed by atoms with Crippen LogP contribution in [0.25, 0.3) is 16.9 Å². The number of fused-ring (bicyclic) bond motifs is 1. The summed E-state index contributed by atoms with van der Waals surface area (Å²) < 4.78 is 16.2. The third-order valence-electron chi connectivity index (χ3n) is 4.16. The Morgan fingerprint density at radius 3 is 2.78 bits per heavy atom. The van der Waals surface area contributed by atoms with Crippen LogP contribution in [0.5, 0.6) is 0 Å². The van der Waals surface area contributed by atoms with Crippen LogP contribution in [-0.2, 0) is 6.54 Å². The molecule has 27 heavy (non-hydrogen) atoms. The number of aromatic nitrogens is 3. The van der Waals surface area contributed by atoms with Crippen LogP contribution in [0.2, 0.25) is 0 Å². The van der Waals surface area contributed by atoms with E-state index in [1.54, 1.807) is 22.8 Å². The molecule has 0 aliphatic heterocycles. The van der Waals surface area contributed by atoms with Crippen LogP contribution in [-0.4, -0.2) is 20.5 Å². The Morgan fingerprint density at radius 2 is 1.96 bits per heavy atom. The van der Waals surface area contributed by atoms with Gasteiger partial charge < -0.3 is 5.32 Å². The van der Waals surface area contributed by atoms with E-state index in [1.165, 1.54) is 12.3 Å². The molecule has 0 atom stereocenters. The summed E-state index contributed by atoms with van der Waals surface area (Å²) in [5.41, 5.74) is 2.98. The molecular formula is C20H14BrFN4O. The third-order valence-corrected chi connectivity index (χ3v) is 4.66. The number of nitrogens with zero attached hydrogens (tertiary/aromatic N) is 3. The van der Waals surface area contributed by atoms with Gasteiger partial charge in [0.2, 0.25) is 0 Å². The Labute approximate surface area is 163 Å². The fraction of sp³-hybridized carbons (Fsp3) is 0.0500. The van der Waals surface area contributed by atoms with E-state index in [0.29, 0.717) is 16.8 Å². The summed E-state index contributed by atoms with van der Waals surface area (Å²) in [6.07, 6.45) is 3.12. The Hall–Kier alpha value is -3.06. The number of nitrogens with one attached hydrogen (secondary N) is 1. The maximum atomic E-state index is 13.9. The number of benzene rings is 2. The second-order valence-corrected chi connectivity index (χ2v) is 6.82. The van der Waals surface area contributed by atoms with Crippen LogP contribution in [0.4, 0.5) is 4.39 Å². The minimum absolute atomic E-state index is 0.0693. The zero-order valence-corrected chi connectivity index (χ0v) is 15.6. The zero-order valence-electron chi connectivity index (χ0n) is 14.1. The van der Waals surface area contributed by atoms with Gasteiger partial charge in [-0.25, -0.2) is 13.9 Å². The number of halogens is 2. The normalized spacial score (nSPS) is 10.9. The minimum atomic E-state index is -0.372. The van der Waals surface area contributed by atoms with Crippen molar-refractivity contribution in [2.75, 3.05) is 0 Å². The molecule has 4 rings (SSSR count). The van der Waals surface area contributed by atoms with E-state index in [0.717, 1.165) is 15.7 Å². The van der Waals surface area contributed by atoms with Crippen LogP contribution in [0.15, 0.2) is 71.5 Å². The van der Waals surface area contributed by atoms with Crippen LogP contribution in [0.3, 0.4) is 0 Å². The Balaban J connectivity index is 1.62. The highest BCUT2D eigenvalue weighted by Gasteiger charge is 2.16. The topological polar surface area (TPSA) is 59.3 Å². The van der Waals surface area contributed by atoms with Crippen LogP contribution in [0, 0.1) is 5.82 Å². The lowest BCUT2D eigenvalue weighted by Crippen LogP contribution is -2.23. The average molecular weight is 425 g/mol. The molecular weight excluding hydrogens is 411 g/mol. The van der Waals surface area contributed by atoms with Gasteiger partial charge in [0, 0.05) is 28.3 Å². The first-order chi connectivity index (χ1) is 13.1. The van der Waals surface area contributed by atoms with E-state index in [4.69, 9.17) is 0 Å². The first-order valence-corrected chi connectivity index (χ1v) is 9.03. The maximum Gasteiger partial charge on any atom is 0.257 e. The molecule has 0 unspecified atom stereocenters. The van der Waals surface area contributed by atoms with Gasteiger partial charge in [0.25, 0.3) is 5.91 Å². The first kappa shape index (κ1) is 17.4. The highest BCUT2D eigenvalue weighted by molar-refractivity contribution is 9.10. The fourth-order valence-corrected chi connectivity index (χ4v) is 3.24. The van der Waals surface area contributed by atoms with Gasteiger partial charge in [0.15, 0.2) is 5.65 Å². The molecule has 0 saturated heterocycles. The van der Waals surface area contributed by atoms with Crippen molar-refractivity contribution < 1.29 is 9.18 Å². The molecule has 134 valence electrons. The lowest BCUT2D eigenvalue weighted by Gasteiger charge is -2.07. The molecule has 0 radical (unpaired) electrons. The van der Waals surface area contributed by atoms with Gasteiger partial charge in [-0.15, -0.1) is 0 Å². The number of amides is 1. The van der Waals surface area contributed by atoms with E-state index in [2.05, 4.69) is 31.3 Å². The Morgan fingerprint density at radius 1 is 1.15 bits per heavy atom. The fourth-order valence-electron chi connectivity index (χ4n) is 2.83. The first-order valence-electron chi connectivity index (χ1n) is 8.24. The van der Waals surface area contributed by atoms with Gasteiger partial charge in [-0.3, -0.25) is 4.79 Å². The molecule has 7 heteroatoms. The zero-order chi connectivity index (χ0) is 18.8. The van der Waals surface area contributed by atoms with Crippen molar-refractivity contribution >= 4 is 27.5 Å². The van der Waals surface area contributed by atoms with Gasteiger partial charge in [-0.05, 0) is 24.3 Å². The standard InChI is InChI=1S/C20H14BrFN4O/c21-15-6-7-17(22)14(10-15)11-24-20(27)16-12-25-26-18(8-9-23-19(16)26)13-4-2-1-3-5-13/h1-10,12H,11H2,(H,24,27). The largest absolute Gasteiger partial charge is 0.348 e. The molecule has 0 spiro atoms. The lowest BCUT2D eigenvalue weighted by atomic mass is 10.1. The maximum absolute atomic E-state index is 13.9. The molecule has 0 aliphatic carbocycles. The second kappa shape index (κ2) is 7.28. The Bertz CT molecular complexity index is 1130. The molecule has 1 amide bonds. The quantitative estimate of drug-likeness (QED) is 0.533. The van der Waals surface area contributed by atoms with Crippen molar-refractivity contribution in [3.8, 4) is 11.3 Å². The summed E-state index contributed by atoms with van der Waals surface area (Å²) in [5.74, 6) is -0.732. The number of rotatable bonds is 4. The third kappa shape index (κ3) is 3.46. The lowest BCUT2D eigenvalue weighted by molar-refractivity contribution is 0.0952. The molecule has 5 nitrogen and oxygen atoms in total. The molecule has 1 N–H and O–H groups in total. The van der Waals surface area contributed by atoms with E-state index in [1.807, 2.05) is 36.4 Å². The van der Waals surface area contributed by atoms with Crippen molar-refractivity contribution in [3.05, 3.63) is 88.4 Å². The molecule has 4 aromatic rings. The summed E-state index contributed by atoms with van der Waals surface area (Å²) in [6.45, 7) is 0.0693. The van der Waals surface area contributed by atoms with E-state index >= 15 is 0 Å². The van der Waals surface area contributed by atoms with E-state index in [9.17, 15) is 9.18 Å². The SMILES string of the molecule is O=C(NCc1cc(Br)ccc1F)c1cnn2c(-c3ccccc3)ccnc12. The van der Waals surface area contributed by atoms with Crippen molar-refractivity contribution in [2.45, 2.75) is 6.54 Å². The highest BCUT2D eigenvalue weighted by atomic mass is 79.9. The Kier molecular flexibility index (Phi) is 4.68. The number of carbonyl (C=O) groups is 1. The molecule has 2 aromatic heterocycles. The summed E-state index contributed by atoms with van der Waals surface area (Å²) >= 11 is 3.30. The monoisotopic (exact) mass is 424 g/mol. The molecule has 0 aliphatic rings. The summed E-state index contributed by atoms with van der Waals surface area (Å²) in [4.78, 5) is 16.9. The van der Waals surface area contributed by atoms with Gasteiger partial charge in [-0.2, -0.15) is 5.10 Å². The van der Waals surface area contributed by atoms with Gasteiger partial charge in [0.05, 0.1) is 11.9 Å². The number of hydrogen-bond donors (Lipinski definition) is 1. The molecule has 0 fully saturated rings. The van der Waals surface area contributed by atoms with E-state index < -0.39 is 0 Å². The van der Waals surface area contributed by atoms with Gasteiger partial charge in [-0.1, -0.05) is 46.3 Å². The average Bonchev–Trinajstić information content (AvgIpc) is 3.13. The van der Waals surface area contributed by atoms with E-state index in [-0.39, 0.29) is 18.3 Å². The van der Waals surface area contributed by atoms with Crippen molar-refractivity contribution in [2.24, 2.45) is 0 Å². The van der Waals surface area contributed by atoms with Gasteiger partial charge >= 0.3 is 0 Å². The molecule has 0 saturated carbocycles. The molecule has 0 bridgehead atoms. The van der Waals surface area contributed by atoms with Crippen LogP contribution in [0.1, 0.15) is 15.9 Å². The summed E-state index contributed by atoms with van der Waals surface area (Å²) in [6, 6.07) is 16.2. The summed E-state index contributed by atoms with van der Waals surface area (Å²) in [7, 11) is 0. The predicted molar refractivity (Wildman–Crippen MR) is 104 cm³/mol. The predicted octanol–water partition coefficient (Wildman–Crippen LogP) is 4.23. The molecule has 2 heterocycles. The number of hydrogen-bond acceptors (Lipinski definition) is 3.